The Morgan fingerprint density at radius 3 is 2.83 bits per heavy atom. The van der Waals surface area contributed by atoms with Gasteiger partial charge in [-0.1, -0.05) is 6.07 Å². The van der Waals surface area contributed by atoms with E-state index >= 15 is 0 Å². The van der Waals surface area contributed by atoms with Gasteiger partial charge in [0.15, 0.2) is 0 Å². The molecule has 0 heterocycles. The first kappa shape index (κ1) is 14.0. The van der Waals surface area contributed by atoms with Crippen LogP contribution in [0.25, 0.3) is 0 Å². The second-order valence-corrected chi connectivity index (χ2v) is 3.74. The molecule has 0 aromatic heterocycles. The molecule has 98 valence electrons. The van der Waals surface area contributed by atoms with Crippen molar-refractivity contribution in [3.05, 3.63) is 33.9 Å². The summed E-state index contributed by atoms with van der Waals surface area (Å²) in [5.41, 5.74) is 1.30. The van der Waals surface area contributed by atoms with E-state index in [1.165, 1.54) is 6.07 Å². The molecule has 0 aliphatic rings. The lowest BCUT2D eigenvalue weighted by atomic mass is 10.2. The van der Waals surface area contributed by atoms with Gasteiger partial charge in [-0.2, -0.15) is 0 Å². The smallest absolute Gasteiger partial charge is 0.307 e. The molecule has 0 fully saturated rings. The summed E-state index contributed by atoms with van der Waals surface area (Å²) in [4.78, 5) is 21.4. The Kier molecular flexibility index (Phi) is 5.10. The zero-order chi connectivity index (χ0) is 13.5. The number of ether oxygens (including phenoxy) is 1. The van der Waals surface area contributed by atoms with Gasteiger partial charge in [-0.3, -0.25) is 14.9 Å². The van der Waals surface area contributed by atoms with Crippen LogP contribution >= 0.6 is 0 Å². The van der Waals surface area contributed by atoms with Crippen molar-refractivity contribution in [3.8, 4) is 0 Å². The second kappa shape index (κ2) is 6.58. The topological polar surface area (TPSA) is 81.5 Å². The first-order chi connectivity index (χ1) is 8.54. The molecule has 0 amide bonds. The number of rotatable bonds is 6. The van der Waals surface area contributed by atoms with E-state index < -0.39 is 4.92 Å². The Bertz CT molecular complexity index is 446. The van der Waals surface area contributed by atoms with Gasteiger partial charge >= 0.3 is 5.97 Å². The normalized spacial score (nSPS) is 9.89. The molecule has 0 unspecified atom stereocenters. The van der Waals surface area contributed by atoms with E-state index in [0.29, 0.717) is 24.4 Å². The third kappa shape index (κ3) is 4.04. The highest BCUT2D eigenvalue weighted by Gasteiger charge is 2.10. The summed E-state index contributed by atoms with van der Waals surface area (Å²) in [7, 11) is 0. The number of esters is 1. The maximum absolute atomic E-state index is 11.1. The van der Waals surface area contributed by atoms with Crippen molar-refractivity contribution >= 4 is 17.3 Å². The van der Waals surface area contributed by atoms with E-state index in [1.54, 1.807) is 26.0 Å². The van der Waals surface area contributed by atoms with Gasteiger partial charge in [0.25, 0.3) is 5.69 Å². The molecule has 6 nitrogen and oxygen atoms in total. The van der Waals surface area contributed by atoms with Crippen molar-refractivity contribution in [1.29, 1.82) is 0 Å². The molecular formula is C12H16N2O4. The van der Waals surface area contributed by atoms with Gasteiger partial charge in [0.1, 0.15) is 0 Å². The molecule has 6 heteroatoms. The molecule has 0 atom stereocenters. The monoisotopic (exact) mass is 252 g/mol. The minimum atomic E-state index is -0.425. The molecule has 18 heavy (non-hydrogen) atoms. The van der Waals surface area contributed by atoms with Crippen molar-refractivity contribution in [1.82, 2.24) is 0 Å². The fourth-order valence-electron chi connectivity index (χ4n) is 1.46. The van der Waals surface area contributed by atoms with Crippen LogP contribution in [0.1, 0.15) is 18.9 Å². The van der Waals surface area contributed by atoms with Crippen LogP contribution in [0.3, 0.4) is 0 Å². The fraction of sp³-hybridized carbons (Fsp3) is 0.417. The minimum Gasteiger partial charge on any atom is -0.466 e. The number of nitrogens with zero attached hydrogens (tertiary/aromatic N) is 1. The number of hydrogen-bond acceptors (Lipinski definition) is 5. The lowest BCUT2D eigenvalue weighted by Gasteiger charge is -2.06. The molecule has 0 radical (unpaired) electrons. The highest BCUT2D eigenvalue weighted by atomic mass is 16.6. The first-order valence-electron chi connectivity index (χ1n) is 5.69. The zero-order valence-corrected chi connectivity index (χ0v) is 10.4. The van der Waals surface area contributed by atoms with E-state index in [2.05, 4.69) is 5.32 Å². The minimum absolute atomic E-state index is 0.0659. The lowest BCUT2D eigenvalue weighted by Crippen LogP contribution is -2.11. The Morgan fingerprint density at radius 2 is 2.22 bits per heavy atom. The Hall–Kier alpha value is -2.11. The third-order valence-electron chi connectivity index (χ3n) is 2.37. The largest absolute Gasteiger partial charge is 0.466 e. The molecule has 1 rings (SSSR count). The van der Waals surface area contributed by atoms with Crippen molar-refractivity contribution in [3.63, 3.8) is 0 Å². The van der Waals surface area contributed by atoms with Crippen molar-refractivity contribution < 1.29 is 14.5 Å². The van der Waals surface area contributed by atoms with Gasteiger partial charge < -0.3 is 10.1 Å². The number of nitro groups is 1. The summed E-state index contributed by atoms with van der Waals surface area (Å²) in [5, 5.41) is 13.7. The molecule has 0 saturated heterocycles. The quantitative estimate of drug-likeness (QED) is 0.477. The standard InChI is InChI=1S/C12H16N2O4/c1-3-18-12(15)6-7-13-10-5-4-9(2)11(8-10)14(16)17/h4-5,8,13H,3,6-7H2,1-2H3. The number of hydrogen-bond donors (Lipinski definition) is 1. The Morgan fingerprint density at radius 1 is 1.50 bits per heavy atom. The molecule has 1 N–H and O–H groups in total. The molecule has 1 aromatic carbocycles. The highest BCUT2D eigenvalue weighted by molar-refractivity contribution is 5.70. The van der Waals surface area contributed by atoms with E-state index in [4.69, 9.17) is 4.74 Å². The van der Waals surface area contributed by atoms with Crippen LogP contribution in [0.2, 0.25) is 0 Å². The summed E-state index contributed by atoms with van der Waals surface area (Å²) >= 11 is 0. The van der Waals surface area contributed by atoms with Crippen LogP contribution in [0.4, 0.5) is 11.4 Å². The predicted octanol–water partition coefficient (Wildman–Crippen LogP) is 2.27. The summed E-state index contributed by atoms with van der Waals surface area (Å²) in [6.07, 6.45) is 0.232. The Labute approximate surface area is 105 Å². The first-order valence-corrected chi connectivity index (χ1v) is 5.69. The number of aryl methyl sites for hydroxylation is 1. The molecule has 1 aromatic rings. The molecule has 0 aliphatic carbocycles. The summed E-state index contributed by atoms with van der Waals surface area (Å²) in [6.45, 7) is 4.17. The van der Waals surface area contributed by atoms with Gasteiger partial charge in [-0.15, -0.1) is 0 Å². The SMILES string of the molecule is CCOC(=O)CCNc1ccc(C)c([N+](=O)[O-])c1. The number of nitrogens with one attached hydrogen (secondary N) is 1. The molecule has 0 saturated carbocycles. The molecule has 0 bridgehead atoms. The maximum atomic E-state index is 11.1. The molecule has 0 aliphatic heterocycles. The van der Waals surface area contributed by atoms with Crippen LogP contribution < -0.4 is 5.32 Å². The predicted molar refractivity (Wildman–Crippen MR) is 67.6 cm³/mol. The Balaban J connectivity index is 2.55. The van der Waals surface area contributed by atoms with Crippen LogP contribution in [0, 0.1) is 17.0 Å². The summed E-state index contributed by atoms with van der Waals surface area (Å²) in [6, 6.07) is 4.87. The van der Waals surface area contributed by atoms with Gasteiger partial charge in [0, 0.05) is 23.9 Å². The van der Waals surface area contributed by atoms with Crippen LogP contribution in [-0.4, -0.2) is 24.0 Å². The molecular weight excluding hydrogens is 236 g/mol. The number of carbonyl (C=O) groups excluding carboxylic acids is 1. The lowest BCUT2D eigenvalue weighted by molar-refractivity contribution is -0.385. The molecule has 0 spiro atoms. The third-order valence-corrected chi connectivity index (χ3v) is 2.37. The van der Waals surface area contributed by atoms with Gasteiger partial charge in [0.05, 0.1) is 18.0 Å². The highest BCUT2D eigenvalue weighted by Crippen LogP contribution is 2.22. The zero-order valence-electron chi connectivity index (χ0n) is 10.4. The van der Waals surface area contributed by atoms with E-state index in [-0.39, 0.29) is 18.1 Å². The fourth-order valence-corrected chi connectivity index (χ4v) is 1.46. The maximum Gasteiger partial charge on any atom is 0.307 e. The second-order valence-electron chi connectivity index (χ2n) is 3.74. The van der Waals surface area contributed by atoms with Gasteiger partial charge in [-0.05, 0) is 19.9 Å². The average Bonchev–Trinajstić information content (AvgIpc) is 2.31. The van der Waals surface area contributed by atoms with Crippen LogP contribution in [-0.2, 0) is 9.53 Å². The number of benzene rings is 1. The van der Waals surface area contributed by atoms with Crippen molar-refractivity contribution in [2.75, 3.05) is 18.5 Å². The number of nitro benzene ring substituents is 1. The summed E-state index contributed by atoms with van der Waals surface area (Å²) < 4.78 is 4.77. The van der Waals surface area contributed by atoms with Crippen LogP contribution in [0.5, 0.6) is 0 Å². The van der Waals surface area contributed by atoms with Crippen molar-refractivity contribution in [2.24, 2.45) is 0 Å². The number of carbonyl (C=O) groups is 1. The average molecular weight is 252 g/mol. The van der Waals surface area contributed by atoms with Crippen LogP contribution in [0.15, 0.2) is 18.2 Å². The van der Waals surface area contributed by atoms with Gasteiger partial charge in [-0.25, -0.2) is 0 Å². The van der Waals surface area contributed by atoms with Gasteiger partial charge in [0.2, 0.25) is 0 Å². The number of anilines is 1. The van der Waals surface area contributed by atoms with E-state index in [1.807, 2.05) is 0 Å². The van der Waals surface area contributed by atoms with E-state index in [9.17, 15) is 14.9 Å². The van der Waals surface area contributed by atoms with E-state index in [0.717, 1.165) is 0 Å². The van der Waals surface area contributed by atoms with Crippen molar-refractivity contribution in [2.45, 2.75) is 20.3 Å². The summed E-state index contributed by atoms with van der Waals surface area (Å²) in [5.74, 6) is -0.286.